The smallest absolute Gasteiger partial charge is 0.335 e. The van der Waals surface area contributed by atoms with Crippen LogP contribution >= 0.6 is 11.6 Å². The predicted octanol–water partition coefficient (Wildman–Crippen LogP) is 2.41. The highest BCUT2D eigenvalue weighted by Gasteiger charge is 2.37. The average Bonchev–Trinajstić information content (AvgIpc) is 2.50. The Hall–Kier alpha value is -1.44. The lowest BCUT2D eigenvalue weighted by Crippen LogP contribution is -2.34. The average molecular weight is 377 g/mol. The van der Waals surface area contributed by atoms with Gasteiger partial charge in [-0.05, 0) is 43.5 Å². The molecule has 0 saturated heterocycles. The van der Waals surface area contributed by atoms with E-state index in [1.54, 1.807) is 6.92 Å². The van der Waals surface area contributed by atoms with Crippen molar-refractivity contribution >= 4 is 27.4 Å². The molecule has 2 unspecified atom stereocenters. The number of benzene rings is 1. The van der Waals surface area contributed by atoms with Gasteiger partial charge < -0.3 is 9.84 Å². The van der Waals surface area contributed by atoms with Crippen LogP contribution < -0.4 is 0 Å². The van der Waals surface area contributed by atoms with Crippen molar-refractivity contribution in [2.75, 3.05) is 6.61 Å². The summed E-state index contributed by atoms with van der Waals surface area (Å²) >= 11 is 5.90. The molecule has 0 amide bonds. The van der Waals surface area contributed by atoms with Crippen LogP contribution in [0.5, 0.6) is 0 Å². The highest BCUT2D eigenvalue weighted by atomic mass is 35.5. The molecule has 0 saturated carbocycles. The Bertz CT molecular complexity index is 760. The molecule has 24 heavy (non-hydrogen) atoms. The molecule has 0 aromatic heterocycles. The molecule has 0 aliphatic heterocycles. The second kappa shape index (κ2) is 7.63. The molecule has 8 heteroatoms. The van der Waals surface area contributed by atoms with Crippen molar-refractivity contribution in [1.82, 2.24) is 0 Å². The first-order chi connectivity index (χ1) is 11.2. The van der Waals surface area contributed by atoms with Gasteiger partial charge in [0.25, 0.3) is 0 Å². The molecule has 132 valence electrons. The first-order valence-electron chi connectivity index (χ1n) is 7.47. The van der Waals surface area contributed by atoms with Crippen LogP contribution in [-0.4, -0.2) is 37.5 Å². The fourth-order valence-electron chi connectivity index (χ4n) is 2.62. The van der Waals surface area contributed by atoms with Crippen LogP contribution in [0.2, 0.25) is 5.02 Å². The third kappa shape index (κ3) is 4.34. The zero-order valence-electron chi connectivity index (χ0n) is 13.0. The Morgan fingerprint density at radius 2 is 2.12 bits per heavy atom. The summed E-state index contributed by atoms with van der Waals surface area (Å²) in [4.78, 5) is 12.0. The standard InChI is InChI=1S/C16H18ClFO5S/c1-2-23-16(20)13-8-12(19)5-6-15(13)24(21,22)9-10-3-4-11(18)7-14(10)17/h3-4,7-8,12,15,19H,2,5-6,9H2,1H3. The van der Waals surface area contributed by atoms with E-state index in [2.05, 4.69) is 0 Å². The monoisotopic (exact) mass is 376 g/mol. The first kappa shape index (κ1) is 18.9. The highest BCUT2D eigenvalue weighted by molar-refractivity contribution is 7.91. The number of esters is 1. The second-order valence-electron chi connectivity index (χ2n) is 5.52. The van der Waals surface area contributed by atoms with E-state index < -0.39 is 38.7 Å². The number of halogens is 2. The molecule has 1 N–H and O–H groups in total. The lowest BCUT2D eigenvalue weighted by molar-refractivity contribution is -0.138. The quantitative estimate of drug-likeness (QED) is 0.798. The van der Waals surface area contributed by atoms with E-state index in [-0.39, 0.29) is 35.6 Å². The van der Waals surface area contributed by atoms with Gasteiger partial charge in [0.2, 0.25) is 0 Å². The molecule has 1 aromatic rings. The molecule has 1 aliphatic carbocycles. The van der Waals surface area contributed by atoms with Gasteiger partial charge in [0, 0.05) is 5.02 Å². The second-order valence-corrected chi connectivity index (χ2v) is 8.11. The Morgan fingerprint density at radius 3 is 2.75 bits per heavy atom. The van der Waals surface area contributed by atoms with Gasteiger partial charge in [-0.15, -0.1) is 0 Å². The zero-order valence-corrected chi connectivity index (χ0v) is 14.6. The first-order valence-corrected chi connectivity index (χ1v) is 9.56. The molecular weight excluding hydrogens is 359 g/mol. The number of hydrogen-bond acceptors (Lipinski definition) is 5. The fourth-order valence-corrected chi connectivity index (χ4v) is 4.88. The SMILES string of the molecule is CCOC(=O)C1=CC(O)CCC1S(=O)(=O)Cc1ccc(F)cc1Cl. The van der Waals surface area contributed by atoms with Crippen LogP contribution in [0.1, 0.15) is 25.3 Å². The minimum Gasteiger partial charge on any atom is -0.463 e. The lowest BCUT2D eigenvalue weighted by atomic mass is 9.97. The van der Waals surface area contributed by atoms with Gasteiger partial charge in [-0.25, -0.2) is 17.6 Å². The van der Waals surface area contributed by atoms with E-state index >= 15 is 0 Å². The molecule has 2 atom stereocenters. The van der Waals surface area contributed by atoms with E-state index in [0.29, 0.717) is 0 Å². The number of rotatable bonds is 5. The fraction of sp³-hybridized carbons (Fsp3) is 0.438. The van der Waals surface area contributed by atoms with Crippen LogP contribution in [0, 0.1) is 5.82 Å². The molecule has 5 nitrogen and oxygen atoms in total. The molecule has 0 radical (unpaired) electrons. The lowest BCUT2D eigenvalue weighted by Gasteiger charge is -2.25. The molecule has 2 rings (SSSR count). The Kier molecular flexibility index (Phi) is 6.01. The van der Waals surface area contributed by atoms with Gasteiger partial charge in [-0.3, -0.25) is 0 Å². The Labute approximate surface area is 145 Å². The highest BCUT2D eigenvalue weighted by Crippen LogP contribution is 2.30. The Morgan fingerprint density at radius 1 is 1.42 bits per heavy atom. The summed E-state index contributed by atoms with van der Waals surface area (Å²) in [6.45, 7) is 1.71. The topological polar surface area (TPSA) is 80.7 Å². The van der Waals surface area contributed by atoms with E-state index in [1.165, 1.54) is 12.1 Å². The predicted molar refractivity (Wildman–Crippen MR) is 87.8 cm³/mol. The summed E-state index contributed by atoms with van der Waals surface area (Å²) in [5.74, 6) is -1.74. The van der Waals surface area contributed by atoms with Crippen molar-refractivity contribution in [2.45, 2.75) is 36.9 Å². The summed E-state index contributed by atoms with van der Waals surface area (Å²) in [7, 11) is -3.79. The number of carbonyl (C=O) groups excluding carboxylic acids is 1. The summed E-state index contributed by atoms with van der Waals surface area (Å²) < 4.78 is 43.5. The van der Waals surface area contributed by atoms with Crippen molar-refractivity contribution < 1.29 is 27.4 Å². The molecule has 0 spiro atoms. The van der Waals surface area contributed by atoms with Crippen molar-refractivity contribution in [3.8, 4) is 0 Å². The largest absolute Gasteiger partial charge is 0.463 e. The maximum Gasteiger partial charge on any atom is 0.335 e. The molecule has 0 bridgehead atoms. The number of carbonyl (C=O) groups is 1. The van der Waals surface area contributed by atoms with Gasteiger partial charge >= 0.3 is 5.97 Å². The number of ether oxygens (including phenoxy) is 1. The van der Waals surface area contributed by atoms with E-state index in [9.17, 15) is 22.7 Å². The van der Waals surface area contributed by atoms with Crippen molar-refractivity contribution in [3.05, 3.63) is 46.3 Å². The minimum absolute atomic E-state index is 0.0103. The molecule has 1 aromatic carbocycles. The van der Waals surface area contributed by atoms with Crippen LogP contribution in [0.25, 0.3) is 0 Å². The van der Waals surface area contributed by atoms with Crippen LogP contribution in [-0.2, 0) is 25.1 Å². The molecule has 0 heterocycles. The van der Waals surface area contributed by atoms with Gasteiger partial charge in [-0.2, -0.15) is 0 Å². The number of hydrogen-bond donors (Lipinski definition) is 1. The molecule has 0 fully saturated rings. The van der Waals surface area contributed by atoms with Crippen LogP contribution in [0.15, 0.2) is 29.8 Å². The van der Waals surface area contributed by atoms with Crippen molar-refractivity contribution in [1.29, 1.82) is 0 Å². The van der Waals surface area contributed by atoms with Crippen molar-refractivity contribution in [2.24, 2.45) is 0 Å². The van der Waals surface area contributed by atoms with Crippen LogP contribution in [0.4, 0.5) is 4.39 Å². The Balaban J connectivity index is 2.32. The number of aliphatic hydroxyl groups is 1. The van der Waals surface area contributed by atoms with Gasteiger partial charge in [0.15, 0.2) is 9.84 Å². The molecular formula is C16H18ClFO5S. The normalized spacial score (nSPS) is 21.2. The zero-order chi connectivity index (χ0) is 17.9. The van der Waals surface area contributed by atoms with E-state index in [1.807, 2.05) is 0 Å². The number of sulfone groups is 1. The van der Waals surface area contributed by atoms with Crippen molar-refractivity contribution in [3.63, 3.8) is 0 Å². The third-order valence-electron chi connectivity index (χ3n) is 3.76. The summed E-state index contributed by atoms with van der Waals surface area (Å²) in [6.07, 6.45) is 0.678. The van der Waals surface area contributed by atoms with E-state index in [4.69, 9.17) is 16.3 Å². The summed E-state index contributed by atoms with van der Waals surface area (Å²) in [5, 5.41) is 8.63. The maximum absolute atomic E-state index is 13.1. The van der Waals surface area contributed by atoms with Crippen LogP contribution in [0.3, 0.4) is 0 Å². The maximum atomic E-state index is 13.1. The van der Waals surface area contributed by atoms with E-state index in [0.717, 1.165) is 12.1 Å². The molecule has 1 aliphatic rings. The van der Waals surface area contributed by atoms with Gasteiger partial charge in [0.05, 0.1) is 29.3 Å². The van der Waals surface area contributed by atoms with Gasteiger partial charge in [0.1, 0.15) is 5.82 Å². The summed E-state index contributed by atoms with van der Waals surface area (Å²) in [6, 6.07) is 3.48. The summed E-state index contributed by atoms with van der Waals surface area (Å²) in [5.41, 5.74) is 0.196. The number of aliphatic hydroxyl groups excluding tert-OH is 1. The van der Waals surface area contributed by atoms with Gasteiger partial charge in [-0.1, -0.05) is 17.7 Å². The third-order valence-corrected chi connectivity index (χ3v) is 6.18. The minimum atomic E-state index is -3.79.